The van der Waals surface area contributed by atoms with Crippen LogP contribution in [0.2, 0.25) is 0 Å². The number of imidazole rings is 1. The van der Waals surface area contributed by atoms with E-state index in [2.05, 4.69) is 15.6 Å². The molecule has 122 valence electrons. The van der Waals surface area contributed by atoms with Gasteiger partial charge in [0, 0.05) is 56.4 Å². The molecule has 3 rings (SSSR count). The lowest BCUT2D eigenvalue weighted by Crippen LogP contribution is -2.39. The number of carbonyl (C=O) groups is 2. The molecule has 1 aliphatic heterocycles. The normalized spacial score (nSPS) is 16.9. The molecule has 1 aliphatic rings. The molecule has 0 unspecified atom stereocenters. The number of amides is 3. The first-order valence-corrected chi connectivity index (χ1v) is 7.98. The van der Waals surface area contributed by atoms with Crippen molar-refractivity contribution in [3.05, 3.63) is 30.7 Å². The average molecular weight is 315 g/mol. The Morgan fingerprint density at radius 1 is 1.22 bits per heavy atom. The largest absolute Gasteiger partial charge is 0.356 e. The van der Waals surface area contributed by atoms with Gasteiger partial charge in [-0.1, -0.05) is 0 Å². The lowest BCUT2D eigenvalue weighted by atomic mass is 10.2. The van der Waals surface area contributed by atoms with E-state index in [4.69, 9.17) is 0 Å². The van der Waals surface area contributed by atoms with Crippen LogP contribution in [0, 0.1) is 0 Å². The molecular weight excluding hydrogens is 294 g/mol. The van der Waals surface area contributed by atoms with E-state index in [1.807, 2.05) is 28.9 Å². The van der Waals surface area contributed by atoms with Crippen molar-refractivity contribution in [2.75, 3.05) is 25.0 Å². The van der Waals surface area contributed by atoms with Crippen LogP contribution in [0.4, 0.5) is 10.5 Å². The number of anilines is 1. The molecule has 7 nitrogen and oxygen atoms in total. The molecule has 0 bridgehead atoms. The number of rotatable bonds is 1. The molecule has 3 heterocycles. The molecule has 1 fully saturated rings. The maximum Gasteiger partial charge on any atom is 0.321 e. The lowest BCUT2D eigenvalue weighted by molar-refractivity contribution is -0.121. The van der Waals surface area contributed by atoms with Gasteiger partial charge in [0.05, 0.1) is 0 Å². The molecule has 7 heteroatoms. The Morgan fingerprint density at radius 3 is 3.04 bits per heavy atom. The average Bonchev–Trinajstić information content (AvgIpc) is 3.01. The second-order valence-corrected chi connectivity index (χ2v) is 5.69. The Kier molecular flexibility index (Phi) is 4.75. The maximum absolute atomic E-state index is 12.5. The number of pyridine rings is 1. The predicted octanol–water partition coefficient (Wildman–Crippen LogP) is 1.86. The van der Waals surface area contributed by atoms with Gasteiger partial charge in [-0.15, -0.1) is 0 Å². The van der Waals surface area contributed by atoms with Crippen molar-refractivity contribution in [1.82, 2.24) is 19.6 Å². The first-order valence-electron chi connectivity index (χ1n) is 7.98. The van der Waals surface area contributed by atoms with Crippen molar-refractivity contribution >= 4 is 23.3 Å². The molecule has 23 heavy (non-hydrogen) atoms. The van der Waals surface area contributed by atoms with Crippen molar-refractivity contribution in [3.8, 4) is 0 Å². The fourth-order valence-electron chi connectivity index (χ4n) is 2.66. The summed E-state index contributed by atoms with van der Waals surface area (Å²) in [5.41, 5.74) is 1.48. The zero-order valence-corrected chi connectivity index (χ0v) is 13.0. The minimum absolute atomic E-state index is 0.00325. The summed E-state index contributed by atoms with van der Waals surface area (Å²) in [6, 6.07) is 3.49. The van der Waals surface area contributed by atoms with Crippen LogP contribution in [0.1, 0.15) is 25.7 Å². The van der Waals surface area contributed by atoms with Gasteiger partial charge in [0.15, 0.2) is 0 Å². The summed E-state index contributed by atoms with van der Waals surface area (Å²) >= 11 is 0. The van der Waals surface area contributed by atoms with Crippen molar-refractivity contribution in [1.29, 1.82) is 0 Å². The Hall–Kier alpha value is -2.57. The Labute approximate surface area is 134 Å². The summed E-state index contributed by atoms with van der Waals surface area (Å²) in [5, 5.41) is 5.76. The number of nitrogens with one attached hydrogen (secondary N) is 2. The molecule has 0 atom stereocenters. The van der Waals surface area contributed by atoms with Crippen LogP contribution in [0.3, 0.4) is 0 Å². The van der Waals surface area contributed by atoms with Crippen molar-refractivity contribution in [2.45, 2.75) is 25.7 Å². The zero-order valence-electron chi connectivity index (χ0n) is 13.0. The molecule has 1 saturated heterocycles. The standard InChI is InChI=1S/C16H21N5O2/c22-15-5-10-21(8-3-1-2-6-18-15)16(23)19-13-4-9-20-11-7-17-14(20)12-13/h4,7,9,11-12H,1-3,5-6,8,10H2,(H,18,22)(H,19,23). The van der Waals surface area contributed by atoms with Crippen LogP contribution in [0.15, 0.2) is 30.7 Å². The third kappa shape index (κ3) is 4.00. The summed E-state index contributed by atoms with van der Waals surface area (Å²) in [6.45, 7) is 1.84. The summed E-state index contributed by atoms with van der Waals surface area (Å²) in [4.78, 5) is 30.0. The van der Waals surface area contributed by atoms with E-state index in [1.165, 1.54) is 0 Å². The van der Waals surface area contributed by atoms with E-state index >= 15 is 0 Å². The third-order valence-corrected chi connectivity index (χ3v) is 3.97. The number of fused-ring (bicyclic) bond motifs is 1. The predicted molar refractivity (Wildman–Crippen MR) is 87.3 cm³/mol. The van der Waals surface area contributed by atoms with Crippen LogP contribution in [0.5, 0.6) is 0 Å². The van der Waals surface area contributed by atoms with E-state index in [1.54, 1.807) is 11.1 Å². The van der Waals surface area contributed by atoms with Crippen molar-refractivity contribution in [3.63, 3.8) is 0 Å². The van der Waals surface area contributed by atoms with E-state index < -0.39 is 0 Å². The highest BCUT2D eigenvalue weighted by Gasteiger charge is 2.16. The second-order valence-electron chi connectivity index (χ2n) is 5.69. The highest BCUT2D eigenvalue weighted by molar-refractivity contribution is 5.90. The van der Waals surface area contributed by atoms with E-state index in [0.29, 0.717) is 25.2 Å². The minimum Gasteiger partial charge on any atom is -0.356 e. The summed E-state index contributed by atoms with van der Waals surface area (Å²) < 4.78 is 1.88. The third-order valence-electron chi connectivity index (χ3n) is 3.97. The topological polar surface area (TPSA) is 78.7 Å². The molecule has 3 amide bonds. The molecule has 2 N–H and O–H groups in total. The van der Waals surface area contributed by atoms with Gasteiger partial charge in [0.25, 0.3) is 0 Å². The van der Waals surface area contributed by atoms with E-state index in [9.17, 15) is 9.59 Å². The van der Waals surface area contributed by atoms with Gasteiger partial charge in [0.2, 0.25) is 5.91 Å². The Bertz CT molecular complexity index is 697. The fraction of sp³-hybridized carbons (Fsp3) is 0.438. The molecule has 0 aliphatic carbocycles. The quantitative estimate of drug-likeness (QED) is 0.843. The molecule has 2 aromatic heterocycles. The highest BCUT2D eigenvalue weighted by Crippen LogP contribution is 2.12. The summed E-state index contributed by atoms with van der Waals surface area (Å²) in [6.07, 6.45) is 8.67. The lowest BCUT2D eigenvalue weighted by Gasteiger charge is -2.24. The van der Waals surface area contributed by atoms with E-state index in [0.717, 1.165) is 31.5 Å². The van der Waals surface area contributed by atoms with Gasteiger partial charge in [-0.05, 0) is 25.3 Å². The van der Waals surface area contributed by atoms with Gasteiger partial charge in [-0.3, -0.25) is 4.79 Å². The van der Waals surface area contributed by atoms with E-state index in [-0.39, 0.29) is 11.9 Å². The fourth-order valence-corrected chi connectivity index (χ4v) is 2.66. The number of hydrogen-bond acceptors (Lipinski definition) is 3. The minimum atomic E-state index is -0.172. The molecule has 0 spiro atoms. The van der Waals surface area contributed by atoms with Crippen LogP contribution < -0.4 is 10.6 Å². The number of hydrogen-bond donors (Lipinski definition) is 2. The van der Waals surface area contributed by atoms with Crippen LogP contribution >= 0.6 is 0 Å². The SMILES string of the molecule is O=C1CCN(C(=O)Nc2ccn3ccnc3c2)CCCCCN1. The van der Waals surface area contributed by atoms with Gasteiger partial charge < -0.3 is 19.9 Å². The maximum atomic E-state index is 12.5. The van der Waals surface area contributed by atoms with Gasteiger partial charge in [-0.25, -0.2) is 9.78 Å². The molecular formula is C16H21N5O2. The van der Waals surface area contributed by atoms with Crippen LogP contribution in [-0.2, 0) is 4.79 Å². The first-order chi connectivity index (χ1) is 11.2. The van der Waals surface area contributed by atoms with Crippen LogP contribution in [0.25, 0.3) is 5.65 Å². The molecule has 0 radical (unpaired) electrons. The molecule has 2 aromatic rings. The van der Waals surface area contributed by atoms with Gasteiger partial charge >= 0.3 is 6.03 Å². The summed E-state index contributed by atoms with van der Waals surface area (Å²) in [7, 11) is 0. The first kappa shape index (κ1) is 15.3. The monoisotopic (exact) mass is 315 g/mol. The Balaban J connectivity index is 1.65. The van der Waals surface area contributed by atoms with Gasteiger partial charge in [0.1, 0.15) is 5.65 Å². The second kappa shape index (κ2) is 7.13. The van der Waals surface area contributed by atoms with Crippen molar-refractivity contribution < 1.29 is 9.59 Å². The molecule has 0 aromatic carbocycles. The summed E-state index contributed by atoms with van der Waals surface area (Å²) in [5.74, 6) is 0.00325. The number of urea groups is 1. The van der Waals surface area contributed by atoms with Gasteiger partial charge in [-0.2, -0.15) is 0 Å². The highest BCUT2D eigenvalue weighted by atomic mass is 16.2. The number of carbonyl (C=O) groups excluding carboxylic acids is 2. The molecule has 0 saturated carbocycles. The number of nitrogens with zero attached hydrogens (tertiary/aromatic N) is 3. The Morgan fingerprint density at radius 2 is 2.13 bits per heavy atom. The zero-order chi connectivity index (χ0) is 16.1. The van der Waals surface area contributed by atoms with Crippen LogP contribution in [-0.4, -0.2) is 45.9 Å². The van der Waals surface area contributed by atoms with Crippen molar-refractivity contribution in [2.24, 2.45) is 0 Å². The smallest absolute Gasteiger partial charge is 0.321 e. The number of aromatic nitrogens is 2.